The molecule has 27 heavy (non-hydrogen) atoms. The summed E-state index contributed by atoms with van der Waals surface area (Å²) in [5.74, 6) is -0.548. The molecule has 0 aliphatic carbocycles. The van der Waals surface area contributed by atoms with Gasteiger partial charge in [0.05, 0.1) is 5.56 Å². The Kier molecular flexibility index (Phi) is 5.58. The molecule has 0 fully saturated rings. The van der Waals surface area contributed by atoms with Gasteiger partial charge in [-0.1, -0.05) is 12.6 Å². The summed E-state index contributed by atoms with van der Waals surface area (Å²) in [6.45, 7) is 5.00. The average Bonchev–Trinajstić information content (AvgIpc) is 2.59. The molecule has 0 N–H and O–H groups in total. The first-order chi connectivity index (χ1) is 12.5. The van der Waals surface area contributed by atoms with Crippen molar-refractivity contribution in [3.8, 4) is 11.5 Å². The summed E-state index contributed by atoms with van der Waals surface area (Å²) in [4.78, 5) is 28.2. The van der Waals surface area contributed by atoms with Crippen LogP contribution in [0.1, 0.15) is 5.56 Å². The minimum absolute atomic E-state index is 0.00175. The first-order valence-corrected chi connectivity index (χ1v) is 7.55. The van der Waals surface area contributed by atoms with E-state index in [0.717, 1.165) is 21.3 Å². The maximum absolute atomic E-state index is 12.3. The molecule has 1 aromatic carbocycles. The fourth-order valence-corrected chi connectivity index (χ4v) is 2.23. The molecule has 2 aromatic rings. The molecular formula is C17H16F3N3O4. The molecular weight excluding hydrogens is 367 g/mol. The van der Waals surface area contributed by atoms with Gasteiger partial charge in [-0.05, 0) is 25.1 Å². The first-order valence-electron chi connectivity index (χ1n) is 7.55. The first kappa shape index (κ1) is 20.0. The van der Waals surface area contributed by atoms with Crippen LogP contribution in [-0.2, 0) is 14.1 Å². The minimum atomic E-state index is -4.84. The van der Waals surface area contributed by atoms with E-state index in [-0.39, 0.29) is 23.0 Å². The maximum Gasteiger partial charge on any atom is 0.573 e. The number of ether oxygens (including phenoxy) is 2. The van der Waals surface area contributed by atoms with Crippen molar-refractivity contribution < 1.29 is 22.6 Å². The quantitative estimate of drug-likeness (QED) is 0.601. The molecule has 1 aromatic heterocycles. The topological polar surface area (TPSA) is 74.8 Å². The Morgan fingerprint density at radius 3 is 2.41 bits per heavy atom. The summed E-state index contributed by atoms with van der Waals surface area (Å²) in [7, 11) is 2.76. The van der Waals surface area contributed by atoms with Crippen LogP contribution in [-0.4, -0.2) is 21.4 Å². The molecule has 0 radical (unpaired) electrons. The van der Waals surface area contributed by atoms with Gasteiger partial charge in [0.25, 0.3) is 5.56 Å². The Labute approximate surface area is 151 Å². The predicted octanol–water partition coefficient (Wildman–Crippen LogP) is 2.59. The molecule has 0 spiro atoms. The number of nitrogens with zero attached hydrogens (tertiary/aromatic N) is 3. The number of benzene rings is 1. The van der Waals surface area contributed by atoms with Gasteiger partial charge in [0, 0.05) is 20.2 Å². The highest BCUT2D eigenvalue weighted by molar-refractivity contribution is 5.91. The zero-order chi connectivity index (χ0) is 20.4. The Balaban J connectivity index is 2.42. The van der Waals surface area contributed by atoms with Gasteiger partial charge in [-0.2, -0.15) is 4.99 Å². The van der Waals surface area contributed by atoms with Gasteiger partial charge in [0.2, 0.25) is 5.90 Å². The van der Waals surface area contributed by atoms with E-state index in [1.54, 1.807) is 0 Å². The largest absolute Gasteiger partial charge is 0.573 e. The fraction of sp³-hybridized carbons (Fsp3) is 0.235. The van der Waals surface area contributed by atoms with Crippen LogP contribution in [0.25, 0.3) is 0 Å². The highest BCUT2D eigenvalue weighted by Crippen LogP contribution is 2.26. The molecule has 0 amide bonds. The van der Waals surface area contributed by atoms with Crippen LogP contribution in [0.4, 0.5) is 19.0 Å². The minimum Gasteiger partial charge on any atom is -0.439 e. The Morgan fingerprint density at radius 1 is 1.19 bits per heavy atom. The SMILES string of the molecule is C=CC(=Nc1c(C)c(=O)n(C)c(=O)n1C)Oc1cccc(OC(F)(F)F)c1. The lowest BCUT2D eigenvalue weighted by molar-refractivity contribution is -0.274. The monoisotopic (exact) mass is 383 g/mol. The van der Waals surface area contributed by atoms with Crippen molar-refractivity contribution in [2.24, 2.45) is 19.1 Å². The number of alkyl halides is 3. The smallest absolute Gasteiger partial charge is 0.439 e. The highest BCUT2D eigenvalue weighted by Gasteiger charge is 2.31. The van der Waals surface area contributed by atoms with Crippen LogP contribution in [0.3, 0.4) is 0 Å². The number of hydrogen-bond donors (Lipinski definition) is 0. The molecule has 1 heterocycles. The number of aromatic nitrogens is 2. The summed E-state index contributed by atoms with van der Waals surface area (Å²) in [5, 5.41) is 0. The molecule has 0 aliphatic heterocycles. The predicted molar refractivity (Wildman–Crippen MR) is 92.7 cm³/mol. The third-order valence-corrected chi connectivity index (χ3v) is 3.50. The van der Waals surface area contributed by atoms with Gasteiger partial charge in [0.1, 0.15) is 17.3 Å². The lowest BCUT2D eigenvalue weighted by atomic mass is 10.3. The van der Waals surface area contributed by atoms with E-state index in [9.17, 15) is 22.8 Å². The summed E-state index contributed by atoms with van der Waals surface area (Å²) in [5.41, 5.74) is -0.925. The van der Waals surface area contributed by atoms with Crippen molar-refractivity contribution in [2.75, 3.05) is 0 Å². The average molecular weight is 383 g/mol. The van der Waals surface area contributed by atoms with Crippen LogP contribution >= 0.6 is 0 Å². The number of rotatable bonds is 4. The van der Waals surface area contributed by atoms with Gasteiger partial charge >= 0.3 is 12.1 Å². The third-order valence-electron chi connectivity index (χ3n) is 3.50. The van der Waals surface area contributed by atoms with Gasteiger partial charge < -0.3 is 9.47 Å². The van der Waals surface area contributed by atoms with Crippen molar-refractivity contribution in [3.63, 3.8) is 0 Å². The van der Waals surface area contributed by atoms with Gasteiger partial charge in [0.15, 0.2) is 0 Å². The van der Waals surface area contributed by atoms with Crippen molar-refractivity contribution in [1.82, 2.24) is 9.13 Å². The van der Waals surface area contributed by atoms with Crippen LogP contribution in [0, 0.1) is 6.92 Å². The molecule has 0 aliphatic rings. The lowest BCUT2D eigenvalue weighted by Gasteiger charge is -2.12. The van der Waals surface area contributed by atoms with Gasteiger partial charge in [-0.25, -0.2) is 4.79 Å². The fourth-order valence-electron chi connectivity index (χ4n) is 2.23. The van der Waals surface area contributed by atoms with Crippen LogP contribution in [0.5, 0.6) is 11.5 Å². The van der Waals surface area contributed by atoms with Crippen molar-refractivity contribution in [2.45, 2.75) is 13.3 Å². The second-order valence-electron chi connectivity index (χ2n) is 5.43. The number of hydrogen-bond acceptors (Lipinski definition) is 5. The van der Waals surface area contributed by atoms with E-state index in [4.69, 9.17) is 4.74 Å². The van der Waals surface area contributed by atoms with Gasteiger partial charge in [-0.3, -0.25) is 13.9 Å². The molecule has 2 rings (SSSR count). The molecule has 144 valence electrons. The highest BCUT2D eigenvalue weighted by atomic mass is 19.4. The Bertz CT molecular complexity index is 982. The van der Waals surface area contributed by atoms with E-state index in [0.29, 0.717) is 0 Å². The Hall–Kier alpha value is -3.30. The van der Waals surface area contributed by atoms with E-state index < -0.39 is 23.4 Å². The van der Waals surface area contributed by atoms with E-state index in [1.807, 2.05) is 0 Å². The summed E-state index contributed by atoms with van der Waals surface area (Å²) < 4.78 is 48.3. The number of halogens is 3. The molecule has 7 nitrogen and oxygen atoms in total. The van der Waals surface area contributed by atoms with Crippen LogP contribution in [0.15, 0.2) is 51.5 Å². The van der Waals surface area contributed by atoms with Crippen LogP contribution < -0.4 is 20.7 Å². The summed E-state index contributed by atoms with van der Waals surface area (Å²) in [6.07, 6.45) is -3.65. The third kappa shape index (κ3) is 4.66. The molecule has 0 saturated heterocycles. The van der Waals surface area contributed by atoms with Gasteiger partial charge in [-0.15, -0.1) is 13.2 Å². The Morgan fingerprint density at radius 2 is 1.81 bits per heavy atom. The van der Waals surface area contributed by atoms with E-state index in [2.05, 4.69) is 16.3 Å². The zero-order valence-electron chi connectivity index (χ0n) is 14.7. The standard InChI is InChI=1S/C17H16F3N3O4/c1-5-13(21-14-10(2)15(24)23(4)16(25)22(14)3)26-11-7-6-8-12(9-11)27-17(18,19)20/h5-9H,1H2,2-4H3. The lowest BCUT2D eigenvalue weighted by Crippen LogP contribution is -2.38. The maximum atomic E-state index is 12.3. The molecule has 0 atom stereocenters. The molecule has 0 unspecified atom stereocenters. The second kappa shape index (κ2) is 7.52. The van der Waals surface area contributed by atoms with Crippen LogP contribution in [0.2, 0.25) is 0 Å². The molecule has 0 bridgehead atoms. The summed E-state index contributed by atoms with van der Waals surface area (Å²) >= 11 is 0. The zero-order valence-corrected chi connectivity index (χ0v) is 14.7. The second-order valence-corrected chi connectivity index (χ2v) is 5.43. The van der Waals surface area contributed by atoms with Crippen molar-refractivity contribution in [1.29, 1.82) is 0 Å². The van der Waals surface area contributed by atoms with Crippen molar-refractivity contribution in [3.05, 3.63) is 63.3 Å². The normalized spacial score (nSPS) is 12.0. The van der Waals surface area contributed by atoms with Crippen molar-refractivity contribution >= 4 is 11.7 Å². The summed E-state index contributed by atoms with van der Waals surface area (Å²) in [6, 6.07) is 4.82. The molecule has 10 heteroatoms. The van der Waals surface area contributed by atoms with E-state index in [1.165, 1.54) is 39.2 Å². The van der Waals surface area contributed by atoms with E-state index >= 15 is 0 Å². The molecule has 0 saturated carbocycles. The number of aliphatic imine (C=N–C) groups is 1.